The molecule has 0 bridgehead atoms. The average Bonchev–Trinajstić information content (AvgIpc) is 3.17. The second-order valence-corrected chi connectivity index (χ2v) is 10.3. The Morgan fingerprint density at radius 2 is 1.82 bits per heavy atom. The number of nitro groups is 1. The molecule has 39 heavy (non-hydrogen) atoms. The molecule has 0 aromatic heterocycles. The molecule has 2 aromatic carbocycles. The fourth-order valence-corrected chi connectivity index (χ4v) is 4.92. The zero-order valence-electron chi connectivity index (χ0n) is 22.6. The normalized spacial score (nSPS) is 19.6. The topological polar surface area (TPSA) is 122 Å². The largest absolute Gasteiger partial charge is 0.507 e. The van der Waals surface area contributed by atoms with E-state index in [1.54, 1.807) is 25.1 Å². The number of hydrogen-bond donors (Lipinski definition) is 1. The van der Waals surface area contributed by atoms with Crippen LogP contribution >= 0.6 is 0 Å². The van der Waals surface area contributed by atoms with Crippen molar-refractivity contribution in [3.05, 3.63) is 74.8 Å². The Balaban J connectivity index is 1.68. The quantitative estimate of drug-likeness (QED) is 0.158. The number of carbonyl (C=O) groups excluding carboxylic acids is 2. The summed E-state index contributed by atoms with van der Waals surface area (Å²) in [6, 6.07) is 10.1. The number of aliphatic hydroxyl groups excluding tert-OH is 1. The van der Waals surface area contributed by atoms with Crippen LogP contribution in [0.3, 0.4) is 0 Å². The molecular formula is C29H35N3O7. The van der Waals surface area contributed by atoms with Gasteiger partial charge in [0.25, 0.3) is 17.4 Å². The summed E-state index contributed by atoms with van der Waals surface area (Å²) >= 11 is 0. The summed E-state index contributed by atoms with van der Waals surface area (Å²) in [7, 11) is 0. The smallest absolute Gasteiger partial charge is 0.295 e. The van der Waals surface area contributed by atoms with E-state index in [-0.39, 0.29) is 17.0 Å². The van der Waals surface area contributed by atoms with Crippen molar-refractivity contribution in [2.75, 3.05) is 46.0 Å². The van der Waals surface area contributed by atoms with Crippen LogP contribution < -0.4 is 4.74 Å². The van der Waals surface area contributed by atoms with Gasteiger partial charge in [0.05, 0.1) is 36.4 Å². The van der Waals surface area contributed by atoms with Gasteiger partial charge in [0.1, 0.15) is 11.5 Å². The Morgan fingerprint density at radius 1 is 1.13 bits per heavy atom. The van der Waals surface area contributed by atoms with Gasteiger partial charge in [0, 0.05) is 43.9 Å². The molecule has 2 heterocycles. The van der Waals surface area contributed by atoms with E-state index >= 15 is 0 Å². The standard InChI is InChI=1S/C29H35N3O7/c1-19(2)18-39-23-9-10-24(20(3)17-23)27(33)25-26(21-5-7-22(8-6-21)32(36)37)31(29(35)28(25)34)12-4-11-30-13-15-38-16-14-30/h5-10,17,19,26,33H,4,11-16,18H2,1-3H3/b27-25+/t26-/m1/s1. The van der Waals surface area contributed by atoms with Crippen LogP contribution in [0.5, 0.6) is 5.75 Å². The zero-order valence-corrected chi connectivity index (χ0v) is 22.6. The maximum atomic E-state index is 13.3. The molecule has 0 spiro atoms. The fourth-order valence-electron chi connectivity index (χ4n) is 4.92. The fraction of sp³-hybridized carbons (Fsp3) is 0.448. The second-order valence-electron chi connectivity index (χ2n) is 10.3. The van der Waals surface area contributed by atoms with Crippen LogP contribution in [0.15, 0.2) is 48.0 Å². The summed E-state index contributed by atoms with van der Waals surface area (Å²) in [5.41, 5.74) is 1.50. The number of aryl methyl sites for hydroxylation is 1. The molecule has 10 nitrogen and oxygen atoms in total. The molecule has 2 aromatic rings. The molecular weight excluding hydrogens is 502 g/mol. The van der Waals surface area contributed by atoms with Crippen molar-refractivity contribution < 1.29 is 29.1 Å². The predicted molar refractivity (Wildman–Crippen MR) is 145 cm³/mol. The second kappa shape index (κ2) is 12.4. The maximum Gasteiger partial charge on any atom is 0.295 e. The number of ketones is 1. The van der Waals surface area contributed by atoms with Crippen molar-refractivity contribution in [1.82, 2.24) is 9.80 Å². The Hall–Kier alpha value is -3.76. The van der Waals surface area contributed by atoms with Gasteiger partial charge < -0.3 is 19.5 Å². The Morgan fingerprint density at radius 3 is 2.44 bits per heavy atom. The lowest BCUT2D eigenvalue weighted by Crippen LogP contribution is -2.38. The van der Waals surface area contributed by atoms with Crippen LogP contribution in [-0.2, 0) is 14.3 Å². The predicted octanol–water partition coefficient (Wildman–Crippen LogP) is 4.08. The van der Waals surface area contributed by atoms with Gasteiger partial charge >= 0.3 is 0 Å². The molecule has 0 aliphatic carbocycles. The number of nitro benzene ring substituents is 1. The summed E-state index contributed by atoms with van der Waals surface area (Å²) in [5, 5.41) is 22.6. The van der Waals surface area contributed by atoms with Gasteiger partial charge in [-0.15, -0.1) is 0 Å². The number of nitrogens with zero attached hydrogens (tertiary/aromatic N) is 3. The molecule has 208 valence electrons. The SMILES string of the molecule is Cc1cc(OCC(C)C)ccc1/C(O)=C1\C(=O)C(=O)N(CCCN2CCOCC2)[C@@H]1c1ccc([N+](=O)[O-])cc1. The van der Waals surface area contributed by atoms with E-state index in [2.05, 4.69) is 4.90 Å². The minimum Gasteiger partial charge on any atom is -0.507 e. The van der Waals surface area contributed by atoms with Crippen LogP contribution in [0.25, 0.3) is 5.76 Å². The third kappa shape index (κ3) is 6.46. The number of ether oxygens (including phenoxy) is 2. The number of aliphatic hydroxyl groups is 1. The van der Waals surface area contributed by atoms with Crippen molar-refractivity contribution in [3.63, 3.8) is 0 Å². The number of hydrogen-bond acceptors (Lipinski definition) is 8. The number of amides is 1. The summed E-state index contributed by atoms with van der Waals surface area (Å²) in [6.45, 7) is 10.4. The molecule has 4 rings (SSSR count). The van der Waals surface area contributed by atoms with Gasteiger partial charge in [-0.1, -0.05) is 13.8 Å². The van der Waals surface area contributed by atoms with Crippen molar-refractivity contribution in [3.8, 4) is 5.75 Å². The Kier molecular flexibility index (Phi) is 8.98. The van der Waals surface area contributed by atoms with Crippen LogP contribution in [0.4, 0.5) is 5.69 Å². The molecule has 10 heteroatoms. The number of benzene rings is 2. The minimum absolute atomic E-state index is 0.0285. The van der Waals surface area contributed by atoms with Gasteiger partial charge in [-0.05, 0) is 60.7 Å². The molecule has 2 aliphatic heterocycles. The molecule has 1 atom stereocenters. The average molecular weight is 538 g/mol. The number of carbonyl (C=O) groups is 2. The summed E-state index contributed by atoms with van der Waals surface area (Å²) < 4.78 is 11.2. The molecule has 1 amide bonds. The lowest BCUT2D eigenvalue weighted by atomic mass is 9.93. The summed E-state index contributed by atoms with van der Waals surface area (Å²) in [6.07, 6.45) is 0.622. The van der Waals surface area contributed by atoms with Gasteiger partial charge in [0.2, 0.25) is 0 Å². The highest BCUT2D eigenvalue weighted by atomic mass is 16.6. The first-order valence-electron chi connectivity index (χ1n) is 13.2. The monoisotopic (exact) mass is 537 g/mol. The number of morpholine rings is 1. The van der Waals surface area contributed by atoms with Gasteiger partial charge in [-0.3, -0.25) is 24.6 Å². The zero-order chi connectivity index (χ0) is 28.1. The van der Waals surface area contributed by atoms with Crippen molar-refractivity contribution in [1.29, 1.82) is 0 Å². The molecule has 0 unspecified atom stereocenters. The maximum absolute atomic E-state index is 13.3. The van der Waals surface area contributed by atoms with Crippen molar-refractivity contribution >= 4 is 23.1 Å². The van der Waals surface area contributed by atoms with E-state index < -0.39 is 22.7 Å². The van der Waals surface area contributed by atoms with Crippen molar-refractivity contribution in [2.24, 2.45) is 5.92 Å². The Bertz CT molecular complexity index is 1250. The summed E-state index contributed by atoms with van der Waals surface area (Å²) in [5.74, 6) is -0.758. The number of Topliss-reactive ketones (excluding diaryl/α,β-unsaturated/α-hetero) is 1. The molecule has 0 radical (unpaired) electrons. The van der Waals surface area contributed by atoms with Gasteiger partial charge in [-0.25, -0.2) is 0 Å². The van der Waals surface area contributed by atoms with E-state index in [4.69, 9.17) is 9.47 Å². The van der Waals surface area contributed by atoms with Crippen LogP contribution in [0.2, 0.25) is 0 Å². The molecule has 0 saturated carbocycles. The number of likely N-dealkylation sites (tertiary alicyclic amines) is 1. The van der Waals surface area contributed by atoms with Gasteiger partial charge in [-0.2, -0.15) is 0 Å². The molecule has 2 fully saturated rings. The van der Waals surface area contributed by atoms with E-state index in [0.717, 1.165) is 19.6 Å². The first kappa shape index (κ1) is 28.3. The molecule has 2 saturated heterocycles. The van der Waals surface area contributed by atoms with Crippen molar-refractivity contribution in [2.45, 2.75) is 33.2 Å². The number of non-ortho nitro benzene ring substituents is 1. The molecule has 2 aliphatic rings. The number of rotatable bonds is 10. The van der Waals surface area contributed by atoms with Crippen LogP contribution in [0.1, 0.15) is 43.0 Å². The lowest BCUT2D eigenvalue weighted by molar-refractivity contribution is -0.384. The van der Waals surface area contributed by atoms with Crippen LogP contribution in [0, 0.1) is 23.0 Å². The first-order chi connectivity index (χ1) is 18.7. The molecule has 1 N–H and O–H groups in total. The highest BCUT2D eigenvalue weighted by Crippen LogP contribution is 2.40. The first-order valence-corrected chi connectivity index (χ1v) is 13.2. The van der Waals surface area contributed by atoms with Gasteiger partial charge in [0.15, 0.2) is 0 Å². The lowest BCUT2D eigenvalue weighted by Gasteiger charge is -2.29. The minimum atomic E-state index is -0.869. The van der Waals surface area contributed by atoms with E-state index in [9.17, 15) is 24.8 Å². The van der Waals surface area contributed by atoms with E-state index in [1.807, 2.05) is 13.8 Å². The third-order valence-electron chi connectivity index (χ3n) is 6.97. The van der Waals surface area contributed by atoms with E-state index in [1.165, 1.54) is 29.2 Å². The summed E-state index contributed by atoms with van der Waals surface area (Å²) in [4.78, 5) is 41.0. The third-order valence-corrected chi connectivity index (χ3v) is 6.97. The highest BCUT2D eigenvalue weighted by molar-refractivity contribution is 6.46. The van der Waals surface area contributed by atoms with Crippen LogP contribution in [-0.4, -0.2) is 77.5 Å². The van der Waals surface area contributed by atoms with E-state index in [0.29, 0.717) is 61.1 Å². The highest BCUT2D eigenvalue weighted by Gasteiger charge is 2.46. The Labute approximate surface area is 228 Å².